The van der Waals surface area contributed by atoms with Gasteiger partial charge in [-0.1, -0.05) is 11.6 Å². The predicted octanol–water partition coefficient (Wildman–Crippen LogP) is 4.07. The second-order valence-electron chi connectivity index (χ2n) is 6.41. The molecule has 0 spiro atoms. The molecule has 0 radical (unpaired) electrons. The zero-order valence-electron chi connectivity index (χ0n) is 14.8. The molecule has 3 aromatic rings. The van der Waals surface area contributed by atoms with E-state index in [1.165, 1.54) is 29.3 Å². The Balaban J connectivity index is 2.05. The van der Waals surface area contributed by atoms with Crippen molar-refractivity contribution in [3.63, 3.8) is 0 Å². The van der Waals surface area contributed by atoms with Crippen LogP contribution >= 0.6 is 11.6 Å². The van der Waals surface area contributed by atoms with Gasteiger partial charge in [0, 0.05) is 29.9 Å². The molecule has 4 rings (SSSR count). The third kappa shape index (κ3) is 3.51. The third-order valence-corrected chi connectivity index (χ3v) is 4.84. The van der Waals surface area contributed by atoms with Crippen molar-refractivity contribution < 1.29 is 27.4 Å². The summed E-state index contributed by atoms with van der Waals surface area (Å²) in [4.78, 5) is 17.9. The number of nitrogens with zero attached hydrogens (tertiary/aromatic N) is 2. The Labute approximate surface area is 167 Å². The Morgan fingerprint density at radius 1 is 1.21 bits per heavy atom. The molecule has 0 aliphatic carbocycles. The summed E-state index contributed by atoms with van der Waals surface area (Å²) in [5, 5.41) is 10.6. The Hall–Kier alpha value is -2.78. The maximum absolute atomic E-state index is 14.1. The number of hydrogen-bond acceptors (Lipinski definition) is 6. The normalized spacial score (nSPS) is 15.1. The van der Waals surface area contributed by atoms with Gasteiger partial charge in [0.1, 0.15) is 11.1 Å². The van der Waals surface area contributed by atoms with Gasteiger partial charge in [0.15, 0.2) is 11.3 Å². The number of morpholine rings is 1. The number of halogens is 4. The highest BCUT2D eigenvalue weighted by Gasteiger charge is 2.40. The first kappa shape index (κ1) is 19.5. The fourth-order valence-electron chi connectivity index (χ4n) is 3.40. The Kier molecular flexibility index (Phi) is 4.87. The van der Waals surface area contributed by atoms with Crippen molar-refractivity contribution in [2.75, 3.05) is 31.2 Å². The van der Waals surface area contributed by atoms with Gasteiger partial charge in [-0.05, 0) is 24.3 Å². The molecule has 1 aliphatic rings. The zero-order valence-corrected chi connectivity index (χ0v) is 15.5. The van der Waals surface area contributed by atoms with Crippen LogP contribution in [0.25, 0.3) is 22.2 Å². The van der Waals surface area contributed by atoms with Gasteiger partial charge in [-0.3, -0.25) is 0 Å². The standard InChI is InChI=1S/C19H14ClF3N2O4/c20-10-8-11(14-17(26)16-13(29-18(14)27)2-1-3-24-16)15(19(21,22)23)12(9-10)25-4-6-28-7-5-25/h1-3,8-9,26H,4-7H2. The average Bonchev–Trinajstić information content (AvgIpc) is 2.67. The molecular formula is C19H14ClF3N2O4. The maximum Gasteiger partial charge on any atom is 0.419 e. The van der Waals surface area contributed by atoms with Gasteiger partial charge in [0.25, 0.3) is 0 Å². The number of aromatic nitrogens is 1. The summed E-state index contributed by atoms with van der Waals surface area (Å²) in [5.41, 5.74) is -3.76. The summed E-state index contributed by atoms with van der Waals surface area (Å²) in [6.07, 6.45) is -3.50. The van der Waals surface area contributed by atoms with Gasteiger partial charge < -0.3 is 19.2 Å². The minimum absolute atomic E-state index is 0.0191. The van der Waals surface area contributed by atoms with E-state index in [0.29, 0.717) is 0 Å². The number of ether oxygens (including phenoxy) is 1. The number of pyridine rings is 1. The first-order valence-electron chi connectivity index (χ1n) is 8.62. The molecular weight excluding hydrogens is 413 g/mol. The number of hydrogen-bond donors (Lipinski definition) is 1. The molecule has 0 amide bonds. The summed E-state index contributed by atoms with van der Waals surface area (Å²) in [5.74, 6) is -0.697. The molecule has 1 N–H and O–H groups in total. The van der Waals surface area contributed by atoms with E-state index in [2.05, 4.69) is 4.98 Å². The van der Waals surface area contributed by atoms with Crippen LogP contribution < -0.4 is 10.5 Å². The monoisotopic (exact) mass is 426 g/mol. The van der Waals surface area contributed by atoms with Crippen LogP contribution in [0.5, 0.6) is 5.75 Å². The van der Waals surface area contributed by atoms with Crippen molar-refractivity contribution in [1.82, 2.24) is 4.98 Å². The van der Waals surface area contributed by atoms with Crippen molar-refractivity contribution in [3.05, 3.63) is 51.5 Å². The number of fused-ring (bicyclic) bond motifs is 1. The molecule has 2 aromatic heterocycles. The quantitative estimate of drug-likeness (QED) is 0.665. The minimum atomic E-state index is -4.83. The number of alkyl halides is 3. The molecule has 10 heteroatoms. The van der Waals surface area contributed by atoms with E-state index in [1.54, 1.807) is 0 Å². The number of rotatable bonds is 2. The van der Waals surface area contributed by atoms with Crippen molar-refractivity contribution in [2.24, 2.45) is 0 Å². The van der Waals surface area contributed by atoms with E-state index in [-0.39, 0.29) is 48.1 Å². The van der Waals surface area contributed by atoms with Crippen LogP contribution in [0, 0.1) is 0 Å². The third-order valence-electron chi connectivity index (χ3n) is 4.63. The van der Waals surface area contributed by atoms with Crippen LogP contribution in [0.4, 0.5) is 18.9 Å². The molecule has 0 unspecified atom stereocenters. The summed E-state index contributed by atoms with van der Waals surface area (Å²) < 4.78 is 52.7. The molecule has 0 saturated carbocycles. The highest BCUT2D eigenvalue weighted by atomic mass is 35.5. The summed E-state index contributed by atoms with van der Waals surface area (Å²) in [6.45, 7) is 0.963. The lowest BCUT2D eigenvalue weighted by atomic mass is 9.97. The predicted molar refractivity (Wildman–Crippen MR) is 100 cm³/mol. The smallest absolute Gasteiger partial charge is 0.419 e. The lowest BCUT2D eigenvalue weighted by Crippen LogP contribution is -2.37. The molecule has 1 saturated heterocycles. The highest BCUT2D eigenvalue weighted by Crippen LogP contribution is 2.46. The molecule has 0 atom stereocenters. The van der Waals surface area contributed by atoms with Crippen molar-refractivity contribution in [3.8, 4) is 16.9 Å². The molecule has 1 aliphatic heterocycles. The molecule has 6 nitrogen and oxygen atoms in total. The van der Waals surface area contributed by atoms with Crippen LogP contribution in [-0.4, -0.2) is 36.4 Å². The molecule has 1 aromatic carbocycles. The summed E-state index contributed by atoms with van der Waals surface area (Å²) in [7, 11) is 0. The van der Waals surface area contributed by atoms with Gasteiger partial charge in [0.2, 0.25) is 0 Å². The van der Waals surface area contributed by atoms with Gasteiger partial charge in [-0.25, -0.2) is 9.78 Å². The maximum atomic E-state index is 14.1. The van der Waals surface area contributed by atoms with Gasteiger partial charge in [-0.15, -0.1) is 0 Å². The fourth-order valence-corrected chi connectivity index (χ4v) is 3.61. The highest BCUT2D eigenvalue weighted by molar-refractivity contribution is 6.31. The van der Waals surface area contributed by atoms with Crippen LogP contribution in [0.3, 0.4) is 0 Å². The number of benzene rings is 1. The van der Waals surface area contributed by atoms with E-state index in [1.807, 2.05) is 0 Å². The van der Waals surface area contributed by atoms with Crippen LogP contribution in [0.1, 0.15) is 5.56 Å². The molecule has 152 valence electrons. The Morgan fingerprint density at radius 2 is 1.93 bits per heavy atom. The fraction of sp³-hybridized carbons (Fsp3) is 0.263. The Morgan fingerprint density at radius 3 is 2.62 bits per heavy atom. The van der Waals surface area contributed by atoms with E-state index in [0.717, 1.165) is 6.07 Å². The minimum Gasteiger partial charge on any atom is -0.505 e. The van der Waals surface area contributed by atoms with Crippen molar-refractivity contribution in [1.29, 1.82) is 0 Å². The second kappa shape index (κ2) is 7.23. The van der Waals surface area contributed by atoms with E-state index < -0.39 is 34.2 Å². The average molecular weight is 427 g/mol. The molecule has 29 heavy (non-hydrogen) atoms. The van der Waals surface area contributed by atoms with E-state index in [4.69, 9.17) is 20.8 Å². The first-order valence-corrected chi connectivity index (χ1v) is 9.00. The lowest BCUT2D eigenvalue weighted by Gasteiger charge is -2.32. The van der Waals surface area contributed by atoms with E-state index >= 15 is 0 Å². The molecule has 0 bridgehead atoms. The van der Waals surface area contributed by atoms with Crippen LogP contribution in [0.15, 0.2) is 39.7 Å². The molecule has 3 heterocycles. The topological polar surface area (TPSA) is 75.8 Å². The van der Waals surface area contributed by atoms with Crippen molar-refractivity contribution >= 4 is 28.4 Å². The number of anilines is 1. The van der Waals surface area contributed by atoms with E-state index in [9.17, 15) is 23.1 Å². The Bertz CT molecular complexity index is 1140. The first-order chi connectivity index (χ1) is 13.8. The van der Waals surface area contributed by atoms with Crippen LogP contribution in [0.2, 0.25) is 5.02 Å². The number of aromatic hydroxyl groups is 1. The summed E-state index contributed by atoms with van der Waals surface area (Å²) >= 11 is 6.11. The van der Waals surface area contributed by atoms with Crippen LogP contribution in [-0.2, 0) is 10.9 Å². The largest absolute Gasteiger partial charge is 0.505 e. The van der Waals surface area contributed by atoms with Gasteiger partial charge in [0.05, 0.1) is 24.5 Å². The van der Waals surface area contributed by atoms with Crippen molar-refractivity contribution in [2.45, 2.75) is 6.18 Å². The summed E-state index contributed by atoms with van der Waals surface area (Å²) in [6, 6.07) is 5.04. The molecule has 1 fully saturated rings. The van der Waals surface area contributed by atoms with Gasteiger partial charge in [-0.2, -0.15) is 13.2 Å². The zero-order chi connectivity index (χ0) is 20.8. The second-order valence-corrected chi connectivity index (χ2v) is 6.84. The lowest BCUT2D eigenvalue weighted by molar-refractivity contribution is -0.136. The SMILES string of the molecule is O=c1oc2cccnc2c(O)c1-c1cc(Cl)cc(N2CCOCC2)c1C(F)(F)F. The van der Waals surface area contributed by atoms with Gasteiger partial charge >= 0.3 is 11.8 Å².